The molecule has 116 valence electrons. The van der Waals surface area contributed by atoms with Crippen LogP contribution in [0.2, 0.25) is 0 Å². The van der Waals surface area contributed by atoms with Crippen molar-refractivity contribution in [3.8, 4) is 11.3 Å². The molecular formula is C16H10F2N2OS2. The molecule has 0 radical (unpaired) electrons. The highest BCUT2D eigenvalue weighted by atomic mass is 32.1. The Kier molecular flexibility index (Phi) is 4.59. The number of aromatic nitrogens is 1. The van der Waals surface area contributed by atoms with Crippen LogP contribution >= 0.6 is 22.7 Å². The highest BCUT2D eigenvalue weighted by Gasteiger charge is 2.11. The first-order valence-electron chi connectivity index (χ1n) is 6.55. The van der Waals surface area contributed by atoms with Gasteiger partial charge in [0.25, 0.3) is 0 Å². The molecule has 1 N–H and O–H groups in total. The Morgan fingerprint density at radius 2 is 2.09 bits per heavy atom. The number of thiophene rings is 1. The first kappa shape index (κ1) is 15.5. The minimum atomic E-state index is -0.689. The van der Waals surface area contributed by atoms with Crippen molar-refractivity contribution in [1.82, 2.24) is 4.98 Å². The Morgan fingerprint density at radius 1 is 1.22 bits per heavy atom. The number of amides is 1. The van der Waals surface area contributed by atoms with E-state index in [9.17, 15) is 13.6 Å². The van der Waals surface area contributed by atoms with Gasteiger partial charge in [0.05, 0.1) is 5.69 Å². The second-order valence-corrected chi connectivity index (χ2v) is 6.34. The first-order valence-corrected chi connectivity index (χ1v) is 8.31. The van der Waals surface area contributed by atoms with E-state index in [1.165, 1.54) is 40.9 Å². The quantitative estimate of drug-likeness (QED) is 0.688. The lowest BCUT2D eigenvalue weighted by atomic mass is 10.1. The van der Waals surface area contributed by atoms with E-state index >= 15 is 0 Å². The van der Waals surface area contributed by atoms with E-state index in [0.29, 0.717) is 10.8 Å². The number of nitrogens with one attached hydrogen (secondary N) is 1. The lowest BCUT2D eigenvalue weighted by Gasteiger charge is -1.99. The molecule has 3 aromatic rings. The maximum absolute atomic E-state index is 13.7. The first-order chi connectivity index (χ1) is 11.1. The minimum Gasteiger partial charge on any atom is -0.298 e. The maximum Gasteiger partial charge on any atom is 0.250 e. The number of rotatable bonds is 4. The molecule has 2 aromatic heterocycles. The molecule has 1 amide bonds. The van der Waals surface area contributed by atoms with Gasteiger partial charge in [0.2, 0.25) is 5.91 Å². The van der Waals surface area contributed by atoms with Gasteiger partial charge in [-0.25, -0.2) is 13.8 Å². The van der Waals surface area contributed by atoms with E-state index in [1.54, 1.807) is 11.5 Å². The van der Waals surface area contributed by atoms with Crippen LogP contribution in [0.3, 0.4) is 0 Å². The summed E-state index contributed by atoms with van der Waals surface area (Å²) >= 11 is 2.70. The Bertz CT molecular complexity index is 857. The molecule has 3 rings (SSSR count). The van der Waals surface area contributed by atoms with Crippen LogP contribution in [0.4, 0.5) is 13.9 Å². The van der Waals surface area contributed by atoms with Crippen LogP contribution in [0.1, 0.15) is 4.88 Å². The second-order valence-electron chi connectivity index (χ2n) is 4.50. The standard InChI is InChI=1S/C16H10F2N2OS2/c17-10-3-5-12(13(18)8-10)14-9-23-16(19-14)20-15(21)6-4-11-2-1-7-22-11/h1-9H,(H,19,20,21). The minimum absolute atomic E-state index is 0.192. The number of hydrogen-bond donors (Lipinski definition) is 1. The number of thiazole rings is 1. The zero-order valence-corrected chi connectivity index (χ0v) is 13.3. The fraction of sp³-hybridized carbons (Fsp3) is 0. The van der Waals surface area contributed by atoms with Crippen LogP contribution in [-0.4, -0.2) is 10.9 Å². The lowest BCUT2D eigenvalue weighted by Crippen LogP contribution is -2.07. The molecule has 2 heterocycles. The van der Waals surface area contributed by atoms with E-state index in [4.69, 9.17) is 0 Å². The van der Waals surface area contributed by atoms with Gasteiger partial charge in [-0.15, -0.1) is 22.7 Å². The van der Waals surface area contributed by atoms with Crippen molar-refractivity contribution in [2.75, 3.05) is 5.32 Å². The third-order valence-corrected chi connectivity index (χ3v) is 4.48. The summed E-state index contributed by atoms with van der Waals surface area (Å²) < 4.78 is 26.6. The molecule has 3 nitrogen and oxygen atoms in total. The summed E-state index contributed by atoms with van der Waals surface area (Å²) in [4.78, 5) is 16.9. The van der Waals surface area contributed by atoms with Crippen molar-refractivity contribution in [3.63, 3.8) is 0 Å². The Balaban J connectivity index is 1.71. The molecule has 0 spiro atoms. The third-order valence-electron chi connectivity index (χ3n) is 2.88. The van der Waals surface area contributed by atoms with Crippen molar-refractivity contribution in [2.24, 2.45) is 0 Å². The number of carbonyl (C=O) groups is 1. The molecule has 0 fully saturated rings. The number of halogens is 2. The van der Waals surface area contributed by atoms with Crippen LogP contribution in [0, 0.1) is 11.6 Å². The van der Waals surface area contributed by atoms with E-state index in [2.05, 4.69) is 10.3 Å². The Hall–Kier alpha value is -2.38. The SMILES string of the molecule is O=C(C=Cc1cccs1)Nc1nc(-c2ccc(F)cc2F)cs1. The van der Waals surface area contributed by atoms with Gasteiger partial charge in [0, 0.05) is 28.0 Å². The van der Waals surface area contributed by atoms with Gasteiger partial charge in [-0.05, 0) is 29.7 Å². The van der Waals surface area contributed by atoms with Crippen LogP contribution in [0.15, 0.2) is 47.2 Å². The number of carbonyl (C=O) groups excluding carboxylic acids is 1. The van der Waals surface area contributed by atoms with Gasteiger partial charge in [-0.1, -0.05) is 6.07 Å². The van der Waals surface area contributed by atoms with Crippen LogP contribution in [0.5, 0.6) is 0 Å². The molecular weight excluding hydrogens is 338 g/mol. The number of nitrogens with zero attached hydrogens (tertiary/aromatic N) is 1. The molecule has 0 aliphatic carbocycles. The molecule has 0 aliphatic rings. The van der Waals surface area contributed by atoms with Gasteiger partial charge in [0.15, 0.2) is 5.13 Å². The van der Waals surface area contributed by atoms with E-state index < -0.39 is 11.6 Å². The predicted octanol–water partition coefficient (Wildman–Crippen LogP) is 4.80. The highest BCUT2D eigenvalue weighted by Crippen LogP contribution is 2.27. The van der Waals surface area contributed by atoms with Crippen molar-refractivity contribution in [2.45, 2.75) is 0 Å². The van der Waals surface area contributed by atoms with Crippen LogP contribution in [-0.2, 0) is 4.79 Å². The average molecular weight is 348 g/mol. The van der Waals surface area contributed by atoms with Gasteiger partial charge in [-0.2, -0.15) is 0 Å². The van der Waals surface area contributed by atoms with Crippen molar-refractivity contribution in [1.29, 1.82) is 0 Å². The fourth-order valence-corrected chi connectivity index (χ4v) is 3.17. The zero-order valence-electron chi connectivity index (χ0n) is 11.6. The summed E-state index contributed by atoms with van der Waals surface area (Å²) in [6.45, 7) is 0. The van der Waals surface area contributed by atoms with Crippen LogP contribution in [0.25, 0.3) is 17.3 Å². The molecule has 1 aromatic carbocycles. The predicted molar refractivity (Wildman–Crippen MR) is 89.4 cm³/mol. The maximum atomic E-state index is 13.7. The van der Waals surface area contributed by atoms with Crippen LogP contribution < -0.4 is 5.32 Å². The van der Waals surface area contributed by atoms with Gasteiger partial charge < -0.3 is 0 Å². The summed E-state index contributed by atoms with van der Waals surface area (Å²) in [6.07, 6.45) is 3.11. The van der Waals surface area contributed by atoms with Gasteiger partial charge in [-0.3, -0.25) is 10.1 Å². The molecule has 23 heavy (non-hydrogen) atoms. The summed E-state index contributed by atoms with van der Waals surface area (Å²) in [7, 11) is 0. The summed E-state index contributed by atoms with van der Waals surface area (Å²) in [5, 5.41) is 6.49. The average Bonchev–Trinajstić information content (AvgIpc) is 3.17. The third kappa shape index (κ3) is 3.88. The molecule has 0 atom stereocenters. The van der Waals surface area contributed by atoms with Gasteiger partial charge in [0.1, 0.15) is 11.6 Å². The zero-order chi connectivity index (χ0) is 16.2. The topological polar surface area (TPSA) is 42.0 Å². The largest absolute Gasteiger partial charge is 0.298 e. The summed E-state index contributed by atoms with van der Waals surface area (Å²) in [6, 6.07) is 7.08. The smallest absolute Gasteiger partial charge is 0.250 e. The van der Waals surface area contributed by atoms with E-state index in [0.717, 1.165) is 10.9 Å². The number of anilines is 1. The van der Waals surface area contributed by atoms with Gasteiger partial charge >= 0.3 is 0 Å². The van der Waals surface area contributed by atoms with E-state index in [1.807, 2.05) is 17.5 Å². The normalized spacial score (nSPS) is 11.0. The molecule has 0 aliphatic heterocycles. The number of benzene rings is 1. The molecule has 0 unspecified atom stereocenters. The lowest BCUT2D eigenvalue weighted by molar-refractivity contribution is -0.111. The second kappa shape index (κ2) is 6.80. The Labute approximate surface area is 138 Å². The van der Waals surface area contributed by atoms with Crippen molar-refractivity contribution in [3.05, 3.63) is 63.7 Å². The molecule has 0 saturated heterocycles. The summed E-state index contributed by atoms with van der Waals surface area (Å²) in [5.74, 6) is -1.65. The molecule has 0 bridgehead atoms. The van der Waals surface area contributed by atoms with Crippen molar-refractivity contribution < 1.29 is 13.6 Å². The highest BCUT2D eigenvalue weighted by molar-refractivity contribution is 7.14. The fourth-order valence-electron chi connectivity index (χ4n) is 1.84. The molecule has 0 saturated carbocycles. The monoisotopic (exact) mass is 348 g/mol. The van der Waals surface area contributed by atoms with E-state index in [-0.39, 0.29) is 11.5 Å². The summed E-state index contributed by atoms with van der Waals surface area (Å²) in [5.41, 5.74) is 0.544. The van der Waals surface area contributed by atoms with Crippen molar-refractivity contribution >= 4 is 39.8 Å². The number of hydrogen-bond acceptors (Lipinski definition) is 4. The Morgan fingerprint density at radius 3 is 2.83 bits per heavy atom. The molecule has 7 heteroatoms.